The Bertz CT molecular complexity index is 1170. The van der Waals surface area contributed by atoms with Crippen LogP contribution in [0.25, 0.3) is 5.57 Å². The van der Waals surface area contributed by atoms with E-state index in [1.807, 2.05) is 78.6 Å². The molecule has 2 aliphatic rings. The molecule has 0 radical (unpaired) electrons. The SMILES string of the molecule is Cc1ccccc1N1Cc2ccccc2C(c2ccc3c(c2)OCO3)=C1C(=O)O. The number of carboxylic acid groups (broad SMARTS) is 1. The van der Waals surface area contributed by atoms with Crippen LogP contribution in [0.1, 0.15) is 22.3 Å². The second kappa shape index (κ2) is 6.71. The van der Waals surface area contributed by atoms with Crippen molar-refractivity contribution in [3.8, 4) is 11.5 Å². The van der Waals surface area contributed by atoms with Gasteiger partial charge in [-0.15, -0.1) is 0 Å². The summed E-state index contributed by atoms with van der Waals surface area (Å²) in [4.78, 5) is 14.4. The van der Waals surface area contributed by atoms with E-state index >= 15 is 0 Å². The highest BCUT2D eigenvalue weighted by molar-refractivity contribution is 6.06. The maximum absolute atomic E-state index is 12.5. The van der Waals surface area contributed by atoms with Crippen molar-refractivity contribution >= 4 is 17.2 Å². The molecule has 3 aromatic rings. The number of carboxylic acids is 1. The summed E-state index contributed by atoms with van der Waals surface area (Å²) in [6.07, 6.45) is 0. The molecule has 0 spiro atoms. The van der Waals surface area contributed by atoms with Crippen LogP contribution in [0, 0.1) is 6.92 Å². The van der Waals surface area contributed by atoms with Crippen molar-refractivity contribution in [2.75, 3.05) is 11.7 Å². The van der Waals surface area contributed by atoms with Crippen molar-refractivity contribution in [1.82, 2.24) is 0 Å². The van der Waals surface area contributed by atoms with Crippen LogP contribution in [0.3, 0.4) is 0 Å². The number of aliphatic carboxylic acids is 1. The smallest absolute Gasteiger partial charge is 0.353 e. The lowest BCUT2D eigenvalue weighted by atomic mass is 9.87. The predicted octanol–water partition coefficient (Wildman–Crippen LogP) is 4.59. The Labute approximate surface area is 168 Å². The number of aryl methyl sites for hydroxylation is 1. The van der Waals surface area contributed by atoms with Gasteiger partial charge in [-0.25, -0.2) is 4.79 Å². The third-order valence-electron chi connectivity index (χ3n) is 5.39. The molecule has 1 N–H and O–H groups in total. The standard InChI is InChI=1S/C24H19NO4/c1-15-6-2-5-9-19(15)25-13-17-7-3-4-8-18(17)22(23(25)24(26)27)16-10-11-20-21(12-16)29-14-28-20/h2-12H,13-14H2,1H3,(H,26,27). The van der Waals surface area contributed by atoms with Gasteiger partial charge >= 0.3 is 5.97 Å². The Balaban J connectivity index is 1.79. The lowest BCUT2D eigenvalue weighted by molar-refractivity contribution is -0.132. The molecule has 144 valence electrons. The van der Waals surface area contributed by atoms with Crippen molar-refractivity contribution in [1.29, 1.82) is 0 Å². The molecule has 29 heavy (non-hydrogen) atoms. The number of ether oxygens (including phenoxy) is 2. The number of fused-ring (bicyclic) bond motifs is 2. The van der Waals surface area contributed by atoms with Gasteiger partial charge in [-0.3, -0.25) is 0 Å². The topological polar surface area (TPSA) is 59.0 Å². The molecule has 3 aromatic carbocycles. The van der Waals surface area contributed by atoms with E-state index < -0.39 is 5.97 Å². The number of hydrogen-bond acceptors (Lipinski definition) is 4. The fourth-order valence-electron chi connectivity index (χ4n) is 4.05. The fourth-order valence-corrected chi connectivity index (χ4v) is 4.05. The van der Waals surface area contributed by atoms with E-state index in [-0.39, 0.29) is 12.5 Å². The molecule has 0 fully saturated rings. The number of para-hydroxylation sites is 1. The first-order chi connectivity index (χ1) is 14.1. The summed E-state index contributed by atoms with van der Waals surface area (Å²) >= 11 is 0. The van der Waals surface area contributed by atoms with Gasteiger partial charge in [0.25, 0.3) is 0 Å². The molecule has 0 amide bonds. The van der Waals surface area contributed by atoms with Crippen molar-refractivity contribution in [2.45, 2.75) is 13.5 Å². The summed E-state index contributed by atoms with van der Waals surface area (Å²) in [6.45, 7) is 2.67. The second-order valence-electron chi connectivity index (χ2n) is 7.13. The summed E-state index contributed by atoms with van der Waals surface area (Å²) in [5, 5.41) is 10.3. The monoisotopic (exact) mass is 385 g/mol. The first-order valence-corrected chi connectivity index (χ1v) is 9.42. The van der Waals surface area contributed by atoms with E-state index in [0.717, 1.165) is 27.9 Å². The van der Waals surface area contributed by atoms with Gasteiger partial charge in [-0.2, -0.15) is 0 Å². The third-order valence-corrected chi connectivity index (χ3v) is 5.39. The summed E-state index contributed by atoms with van der Waals surface area (Å²) in [7, 11) is 0. The highest BCUT2D eigenvalue weighted by atomic mass is 16.7. The second-order valence-corrected chi connectivity index (χ2v) is 7.13. The maximum atomic E-state index is 12.5. The first-order valence-electron chi connectivity index (χ1n) is 9.42. The Kier molecular flexibility index (Phi) is 4.02. The van der Waals surface area contributed by atoms with Crippen molar-refractivity contribution in [3.63, 3.8) is 0 Å². The van der Waals surface area contributed by atoms with Crippen LogP contribution in [-0.2, 0) is 11.3 Å². The molecule has 0 saturated heterocycles. The molecule has 5 heteroatoms. The Hall–Kier alpha value is -3.73. The molecule has 5 rings (SSSR count). The number of anilines is 1. The van der Waals surface area contributed by atoms with Gasteiger partial charge in [0.15, 0.2) is 11.5 Å². The molecule has 0 aliphatic carbocycles. The van der Waals surface area contributed by atoms with E-state index in [2.05, 4.69) is 0 Å². The van der Waals surface area contributed by atoms with Crippen LogP contribution >= 0.6 is 0 Å². The van der Waals surface area contributed by atoms with E-state index in [9.17, 15) is 9.90 Å². The van der Waals surface area contributed by atoms with E-state index in [4.69, 9.17) is 9.47 Å². The summed E-state index contributed by atoms with van der Waals surface area (Å²) in [5.41, 5.74) is 5.64. The van der Waals surface area contributed by atoms with Crippen molar-refractivity contribution in [2.24, 2.45) is 0 Å². The number of benzene rings is 3. The predicted molar refractivity (Wildman–Crippen MR) is 110 cm³/mol. The molecule has 2 heterocycles. The minimum absolute atomic E-state index is 0.176. The summed E-state index contributed by atoms with van der Waals surface area (Å²) < 4.78 is 11.0. The van der Waals surface area contributed by atoms with Crippen LogP contribution < -0.4 is 14.4 Å². The normalized spacial score (nSPS) is 14.7. The van der Waals surface area contributed by atoms with Crippen molar-refractivity contribution in [3.05, 3.63) is 94.7 Å². The molecular weight excluding hydrogens is 366 g/mol. The average Bonchev–Trinajstić information content (AvgIpc) is 3.20. The minimum Gasteiger partial charge on any atom is -0.477 e. The minimum atomic E-state index is -0.963. The van der Waals surface area contributed by atoms with Gasteiger partial charge in [-0.05, 0) is 47.4 Å². The van der Waals surface area contributed by atoms with Crippen LogP contribution in [-0.4, -0.2) is 17.9 Å². The van der Waals surface area contributed by atoms with Gasteiger partial charge < -0.3 is 19.5 Å². The van der Waals surface area contributed by atoms with Gasteiger partial charge in [0.1, 0.15) is 5.70 Å². The molecule has 0 saturated carbocycles. The Morgan fingerprint density at radius 2 is 1.72 bits per heavy atom. The van der Waals surface area contributed by atoms with Crippen LogP contribution in [0.2, 0.25) is 0 Å². The lowest BCUT2D eigenvalue weighted by Gasteiger charge is -2.34. The van der Waals surface area contributed by atoms with Crippen LogP contribution in [0.5, 0.6) is 11.5 Å². The third kappa shape index (κ3) is 2.83. The zero-order valence-electron chi connectivity index (χ0n) is 15.9. The average molecular weight is 385 g/mol. The highest BCUT2D eigenvalue weighted by Gasteiger charge is 2.32. The van der Waals surface area contributed by atoms with Gasteiger partial charge in [0, 0.05) is 17.8 Å². The largest absolute Gasteiger partial charge is 0.477 e. The molecule has 5 nitrogen and oxygen atoms in total. The molecule has 0 bridgehead atoms. The van der Waals surface area contributed by atoms with Gasteiger partial charge in [-0.1, -0.05) is 48.5 Å². The van der Waals surface area contributed by atoms with E-state index in [0.29, 0.717) is 23.6 Å². The summed E-state index contributed by atoms with van der Waals surface area (Å²) in [6, 6.07) is 21.4. The summed E-state index contributed by atoms with van der Waals surface area (Å²) in [5.74, 6) is 0.340. The zero-order valence-corrected chi connectivity index (χ0v) is 15.9. The number of nitrogens with zero attached hydrogens (tertiary/aromatic N) is 1. The van der Waals surface area contributed by atoms with E-state index in [1.165, 1.54) is 0 Å². The number of rotatable bonds is 3. The Morgan fingerprint density at radius 1 is 0.966 bits per heavy atom. The van der Waals surface area contributed by atoms with Crippen molar-refractivity contribution < 1.29 is 19.4 Å². The molecule has 2 aliphatic heterocycles. The van der Waals surface area contributed by atoms with Crippen LogP contribution in [0.4, 0.5) is 5.69 Å². The molecule has 0 aromatic heterocycles. The molecule has 0 unspecified atom stereocenters. The molecule has 0 atom stereocenters. The lowest BCUT2D eigenvalue weighted by Crippen LogP contribution is -2.32. The highest BCUT2D eigenvalue weighted by Crippen LogP contribution is 2.42. The number of hydrogen-bond donors (Lipinski definition) is 1. The van der Waals surface area contributed by atoms with Gasteiger partial charge in [0.05, 0.1) is 0 Å². The first kappa shape index (κ1) is 17.4. The number of carbonyl (C=O) groups is 1. The van der Waals surface area contributed by atoms with Crippen LogP contribution in [0.15, 0.2) is 72.4 Å². The fraction of sp³-hybridized carbons (Fsp3) is 0.125. The maximum Gasteiger partial charge on any atom is 0.353 e. The zero-order chi connectivity index (χ0) is 20.0. The van der Waals surface area contributed by atoms with E-state index in [1.54, 1.807) is 0 Å². The molecular formula is C24H19NO4. The Morgan fingerprint density at radius 3 is 2.55 bits per heavy atom. The quantitative estimate of drug-likeness (QED) is 0.715. The van der Waals surface area contributed by atoms with Gasteiger partial charge in [0.2, 0.25) is 6.79 Å².